The number of imidazole rings is 1. The molecule has 3 aromatic rings. The first kappa shape index (κ1) is 26.5. The Kier molecular flexibility index (Phi) is 10.8. The van der Waals surface area contributed by atoms with Crippen molar-refractivity contribution in [2.45, 2.75) is 54.4 Å². The zero-order valence-electron chi connectivity index (χ0n) is 20.1. The van der Waals surface area contributed by atoms with Crippen molar-refractivity contribution in [1.29, 1.82) is 5.26 Å². The van der Waals surface area contributed by atoms with Gasteiger partial charge in [0, 0.05) is 5.70 Å². The van der Waals surface area contributed by atoms with E-state index in [1.54, 1.807) is 31.5 Å². The molecule has 0 aliphatic carbocycles. The molecule has 0 N–H and O–H groups in total. The second-order valence-corrected chi connectivity index (χ2v) is 7.20. The Hall–Kier alpha value is -3.52. The lowest BCUT2D eigenvalue weighted by Gasteiger charge is -2.05. The van der Waals surface area contributed by atoms with Crippen LogP contribution in [0.2, 0.25) is 0 Å². The van der Waals surface area contributed by atoms with Crippen LogP contribution in [0.4, 0.5) is 4.39 Å². The topological polar surface area (TPSA) is 54.0 Å². The fourth-order valence-electron chi connectivity index (χ4n) is 2.73. The van der Waals surface area contributed by atoms with E-state index >= 15 is 0 Å². The Bertz CT molecular complexity index is 1140. The quantitative estimate of drug-likeness (QED) is 0.317. The Morgan fingerprint density at radius 2 is 1.91 bits per heavy atom. The van der Waals surface area contributed by atoms with Gasteiger partial charge >= 0.3 is 0 Å². The first-order valence-corrected chi connectivity index (χ1v) is 10.8. The number of allylic oxidation sites excluding steroid dienone is 3. The van der Waals surface area contributed by atoms with Crippen molar-refractivity contribution in [2.75, 3.05) is 0 Å². The summed E-state index contributed by atoms with van der Waals surface area (Å²) in [5, 5.41) is 8.88. The normalized spacial score (nSPS) is 11.2. The second-order valence-electron chi connectivity index (χ2n) is 7.20. The molecule has 4 nitrogen and oxygen atoms in total. The molecule has 0 bridgehead atoms. The predicted octanol–water partition coefficient (Wildman–Crippen LogP) is 7.55. The third-order valence-corrected chi connectivity index (χ3v) is 4.66. The number of fused-ring (bicyclic) bond motifs is 1. The van der Waals surface area contributed by atoms with Gasteiger partial charge in [-0.1, -0.05) is 52.5 Å². The van der Waals surface area contributed by atoms with Gasteiger partial charge in [0.25, 0.3) is 0 Å². The highest BCUT2D eigenvalue weighted by Gasteiger charge is 2.07. The van der Waals surface area contributed by atoms with Crippen molar-refractivity contribution in [3.63, 3.8) is 0 Å². The Morgan fingerprint density at radius 1 is 1.22 bits per heavy atom. The van der Waals surface area contributed by atoms with Crippen molar-refractivity contribution >= 4 is 16.9 Å². The summed E-state index contributed by atoms with van der Waals surface area (Å²) < 4.78 is 14.6. The number of aromatic nitrogens is 2. The van der Waals surface area contributed by atoms with E-state index in [4.69, 9.17) is 5.26 Å². The maximum Gasteiger partial charge on any atom is 0.137 e. The summed E-state index contributed by atoms with van der Waals surface area (Å²) >= 11 is 0. The van der Waals surface area contributed by atoms with E-state index in [0.717, 1.165) is 22.3 Å². The molecule has 0 fully saturated rings. The van der Waals surface area contributed by atoms with Crippen LogP contribution in [-0.2, 0) is 0 Å². The van der Waals surface area contributed by atoms with Gasteiger partial charge in [0.1, 0.15) is 18.0 Å². The Morgan fingerprint density at radius 3 is 2.44 bits per heavy atom. The maximum atomic E-state index is 12.8. The van der Waals surface area contributed by atoms with Crippen molar-refractivity contribution in [3.05, 3.63) is 89.7 Å². The van der Waals surface area contributed by atoms with Gasteiger partial charge in [-0.25, -0.2) is 14.4 Å². The van der Waals surface area contributed by atoms with Crippen LogP contribution in [0.25, 0.3) is 11.0 Å². The molecular formula is C27H33FN4. The number of nitriles is 1. The standard InChI is InChI=1S/C15H14N4.C10H13F.C2H6/c1-4-11(3)18-15(5-2)19-10-17-13-8-12(9-16)6-7-14(13)19;1-7(2)9-4-5-10(11)8(3)6-9;1-2/h4-8,10H,2H2,1,3H3;4-7H,1-3H3;1-2H3/b11-4-,18-15?;;. The third kappa shape index (κ3) is 7.02. The fraction of sp³-hybridized carbons (Fsp3) is 0.296. The van der Waals surface area contributed by atoms with Gasteiger partial charge in [-0.2, -0.15) is 5.26 Å². The van der Waals surface area contributed by atoms with Gasteiger partial charge in [-0.05, 0) is 68.2 Å². The van der Waals surface area contributed by atoms with Crippen molar-refractivity contribution in [1.82, 2.24) is 9.55 Å². The zero-order valence-corrected chi connectivity index (χ0v) is 20.1. The van der Waals surface area contributed by atoms with Gasteiger partial charge < -0.3 is 0 Å². The van der Waals surface area contributed by atoms with Crippen LogP contribution in [0.3, 0.4) is 0 Å². The van der Waals surface area contributed by atoms with Crippen LogP contribution in [0.5, 0.6) is 0 Å². The van der Waals surface area contributed by atoms with Crippen LogP contribution < -0.4 is 0 Å². The van der Waals surface area contributed by atoms with E-state index < -0.39 is 0 Å². The smallest absolute Gasteiger partial charge is 0.137 e. The minimum Gasteiger partial charge on any atom is -0.283 e. The molecule has 5 heteroatoms. The van der Waals surface area contributed by atoms with Gasteiger partial charge in [-0.3, -0.25) is 4.57 Å². The summed E-state index contributed by atoms with van der Waals surface area (Å²) in [6.07, 6.45) is 5.30. The molecular weight excluding hydrogens is 399 g/mol. The van der Waals surface area contributed by atoms with Crippen molar-refractivity contribution in [3.8, 4) is 6.07 Å². The van der Waals surface area contributed by atoms with Crippen LogP contribution in [-0.4, -0.2) is 15.4 Å². The Labute approximate surface area is 191 Å². The molecule has 168 valence electrons. The molecule has 0 unspecified atom stereocenters. The summed E-state index contributed by atoms with van der Waals surface area (Å²) in [5.41, 5.74) is 5.11. The van der Waals surface area contributed by atoms with E-state index in [2.05, 4.69) is 36.5 Å². The van der Waals surface area contributed by atoms with Gasteiger partial charge in [0.2, 0.25) is 0 Å². The summed E-state index contributed by atoms with van der Waals surface area (Å²) in [4.78, 5) is 8.76. The van der Waals surface area contributed by atoms with E-state index in [9.17, 15) is 4.39 Å². The number of halogens is 1. The van der Waals surface area contributed by atoms with Gasteiger partial charge in [0.15, 0.2) is 0 Å². The van der Waals surface area contributed by atoms with Crippen LogP contribution in [0, 0.1) is 24.1 Å². The number of aryl methyl sites for hydroxylation is 1. The van der Waals surface area contributed by atoms with E-state index in [-0.39, 0.29) is 5.82 Å². The van der Waals surface area contributed by atoms with Crippen LogP contribution in [0.1, 0.15) is 64.2 Å². The molecule has 1 heterocycles. The molecule has 0 saturated heterocycles. The summed E-state index contributed by atoms with van der Waals surface area (Å²) in [5.74, 6) is 1.08. The second kappa shape index (κ2) is 13.0. The summed E-state index contributed by atoms with van der Waals surface area (Å²) in [6.45, 7) is 17.6. The SMILES string of the molecule is C=CC(=N/C(C)=C\C)n1cnc2cc(C#N)ccc21.CC.Cc1cc(C(C)C)ccc1F. The van der Waals surface area contributed by atoms with E-state index in [1.807, 2.05) is 56.5 Å². The monoisotopic (exact) mass is 432 g/mol. The molecule has 0 aliphatic rings. The molecule has 0 aliphatic heterocycles. The minimum absolute atomic E-state index is 0.116. The molecule has 32 heavy (non-hydrogen) atoms. The van der Waals surface area contributed by atoms with Crippen LogP contribution >= 0.6 is 0 Å². The van der Waals surface area contributed by atoms with E-state index in [0.29, 0.717) is 17.3 Å². The minimum atomic E-state index is -0.116. The third-order valence-electron chi connectivity index (χ3n) is 4.66. The highest BCUT2D eigenvalue weighted by molar-refractivity contribution is 6.00. The predicted molar refractivity (Wildman–Crippen MR) is 133 cm³/mol. The largest absolute Gasteiger partial charge is 0.283 e. The molecule has 3 rings (SSSR count). The maximum absolute atomic E-state index is 12.8. The molecule has 2 aromatic carbocycles. The first-order valence-electron chi connectivity index (χ1n) is 10.8. The number of hydrogen-bond acceptors (Lipinski definition) is 3. The number of rotatable bonds is 3. The number of hydrogen-bond donors (Lipinski definition) is 0. The van der Waals surface area contributed by atoms with Crippen LogP contribution in [0.15, 0.2) is 72.1 Å². The van der Waals surface area contributed by atoms with Gasteiger partial charge in [0.05, 0.1) is 22.7 Å². The highest BCUT2D eigenvalue weighted by Crippen LogP contribution is 2.17. The lowest BCUT2D eigenvalue weighted by molar-refractivity contribution is 0.616. The molecule has 0 radical (unpaired) electrons. The zero-order chi connectivity index (χ0) is 24.3. The molecule has 0 amide bonds. The summed E-state index contributed by atoms with van der Waals surface area (Å²) in [6, 6.07) is 12.8. The van der Waals surface area contributed by atoms with E-state index in [1.165, 1.54) is 11.6 Å². The molecule has 1 aromatic heterocycles. The molecule has 0 saturated carbocycles. The highest BCUT2D eigenvalue weighted by atomic mass is 19.1. The number of nitrogens with zero attached hydrogens (tertiary/aromatic N) is 4. The fourth-order valence-corrected chi connectivity index (χ4v) is 2.73. The lowest BCUT2D eigenvalue weighted by Crippen LogP contribution is -2.07. The average Bonchev–Trinajstić information content (AvgIpc) is 3.23. The van der Waals surface area contributed by atoms with Crippen molar-refractivity contribution in [2.24, 2.45) is 4.99 Å². The van der Waals surface area contributed by atoms with Gasteiger partial charge in [-0.15, -0.1) is 0 Å². The number of benzene rings is 2. The Balaban J connectivity index is 0.000000335. The number of aliphatic imine (C=N–C) groups is 1. The first-order chi connectivity index (χ1) is 15.3. The average molecular weight is 433 g/mol. The molecule has 0 atom stereocenters. The lowest BCUT2D eigenvalue weighted by atomic mass is 10.0. The van der Waals surface area contributed by atoms with Crippen molar-refractivity contribution < 1.29 is 4.39 Å². The summed E-state index contributed by atoms with van der Waals surface area (Å²) in [7, 11) is 0. The molecule has 0 spiro atoms.